The Morgan fingerprint density at radius 2 is 1.48 bits per heavy atom. The maximum absolute atomic E-state index is 6.42. The Balaban J connectivity index is 1.44. The Kier molecular flexibility index (Phi) is 4.82. The van der Waals surface area contributed by atoms with Crippen LogP contribution in [0.25, 0.3) is 0 Å². The highest BCUT2D eigenvalue weighted by molar-refractivity contribution is 6.67. The Bertz CT molecular complexity index is 635. The SMILES string of the molecule is C[Si](CCC1CCC2OC2C1)(Oc1ccccc1)Oc1ccccc1. The molecule has 4 heteroatoms. The molecule has 3 atom stereocenters. The maximum atomic E-state index is 6.42. The van der Waals surface area contributed by atoms with E-state index < -0.39 is 8.56 Å². The van der Waals surface area contributed by atoms with E-state index in [1.807, 2.05) is 60.7 Å². The number of hydrogen-bond acceptors (Lipinski definition) is 3. The zero-order chi connectivity index (χ0) is 17.1. The van der Waals surface area contributed by atoms with E-state index >= 15 is 0 Å². The first kappa shape index (κ1) is 16.7. The number of benzene rings is 2. The van der Waals surface area contributed by atoms with Crippen molar-refractivity contribution >= 4 is 8.56 Å². The van der Waals surface area contributed by atoms with Crippen LogP contribution in [0.3, 0.4) is 0 Å². The van der Waals surface area contributed by atoms with Gasteiger partial charge < -0.3 is 13.6 Å². The van der Waals surface area contributed by atoms with Crippen molar-refractivity contribution in [2.45, 2.75) is 50.5 Å². The molecule has 1 aliphatic carbocycles. The minimum Gasteiger partial charge on any atom is -0.512 e. The summed E-state index contributed by atoms with van der Waals surface area (Å²) in [4.78, 5) is 0. The molecular weight excluding hydrogens is 328 g/mol. The second-order valence-electron chi connectivity index (χ2n) is 7.39. The summed E-state index contributed by atoms with van der Waals surface area (Å²) in [5, 5.41) is 0. The molecule has 2 aliphatic rings. The molecule has 1 saturated heterocycles. The third kappa shape index (κ3) is 4.44. The molecule has 0 amide bonds. The van der Waals surface area contributed by atoms with Gasteiger partial charge in [0.2, 0.25) is 0 Å². The van der Waals surface area contributed by atoms with Gasteiger partial charge in [-0.1, -0.05) is 36.4 Å². The maximum Gasteiger partial charge on any atom is 0.457 e. The van der Waals surface area contributed by atoms with E-state index in [1.54, 1.807) is 0 Å². The molecule has 132 valence electrons. The molecule has 0 N–H and O–H groups in total. The lowest BCUT2D eigenvalue weighted by Gasteiger charge is -2.30. The van der Waals surface area contributed by atoms with Gasteiger partial charge in [-0.05, 0) is 55.9 Å². The van der Waals surface area contributed by atoms with Gasteiger partial charge in [0.1, 0.15) is 11.5 Å². The third-order valence-electron chi connectivity index (χ3n) is 5.27. The van der Waals surface area contributed by atoms with E-state index in [2.05, 4.69) is 6.55 Å². The Labute approximate surface area is 151 Å². The second-order valence-corrected chi connectivity index (χ2v) is 10.6. The zero-order valence-corrected chi connectivity index (χ0v) is 15.8. The highest BCUT2D eigenvalue weighted by Crippen LogP contribution is 2.41. The highest BCUT2D eigenvalue weighted by atomic mass is 28.4. The van der Waals surface area contributed by atoms with Crippen molar-refractivity contribution in [3.63, 3.8) is 0 Å². The topological polar surface area (TPSA) is 31.0 Å². The van der Waals surface area contributed by atoms with Crippen LogP contribution in [0.4, 0.5) is 0 Å². The molecule has 4 rings (SSSR count). The summed E-state index contributed by atoms with van der Waals surface area (Å²) in [7, 11) is -2.36. The number of rotatable bonds is 7. The molecule has 0 radical (unpaired) electrons. The number of fused-ring (bicyclic) bond motifs is 1. The summed E-state index contributed by atoms with van der Waals surface area (Å²) in [5.41, 5.74) is 0. The van der Waals surface area contributed by atoms with E-state index in [0.717, 1.165) is 29.9 Å². The summed E-state index contributed by atoms with van der Waals surface area (Å²) in [5.74, 6) is 2.55. The molecule has 0 spiro atoms. The Hall–Kier alpha value is -1.78. The molecule has 25 heavy (non-hydrogen) atoms. The molecule has 0 bridgehead atoms. The molecule has 0 aromatic heterocycles. The molecule has 2 aromatic rings. The van der Waals surface area contributed by atoms with Crippen molar-refractivity contribution in [2.75, 3.05) is 0 Å². The monoisotopic (exact) mass is 354 g/mol. The minimum atomic E-state index is -2.36. The first-order chi connectivity index (χ1) is 12.2. The number of para-hydroxylation sites is 2. The van der Waals surface area contributed by atoms with Gasteiger partial charge in [0.05, 0.1) is 12.2 Å². The smallest absolute Gasteiger partial charge is 0.457 e. The normalized spacial score (nSPS) is 25.1. The first-order valence-corrected chi connectivity index (χ1v) is 11.9. The van der Waals surface area contributed by atoms with Crippen LogP contribution in [0.5, 0.6) is 11.5 Å². The standard InChI is InChI=1S/C21H26O3Si/c1-25(23-18-8-4-2-5-9-18,24-19-10-6-3-7-11-19)15-14-17-12-13-20-21(16-17)22-20/h2-11,17,20-21H,12-16H2,1H3. The van der Waals surface area contributed by atoms with Crippen LogP contribution < -0.4 is 8.85 Å². The lowest BCUT2D eigenvalue weighted by Crippen LogP contribution is -2.45. The van der Waals surface area contributed by atoms with Crippen LogP contribution in [0.15, 0.2) is 60.7 Å². The van der Waals surface area contributed by atoms with Crippen molar-refractivity contribution in [3.05, 3.63) is 60.7 Å². The largest absolute Gasteiger partial charge is 0.512 e. The van der Waals surface area contributed by atoms with Gasteiger partial charge in [0.25, 0.3) is 0 Å². The van der Waals surface area contributed by atoms with E-state index in [4.69, 9.17) is 13.6 Å². The van der Waals surface area contributed by atoms with Crippen molar-refractivity contribution in [2.24, 2.45) is 5.92 Å². The molecule has 3 nitrogen and oxygen atoms in total. The number of epoxide rings is 1. The van der Waals surface area contributed by atoms with Crippen LogP contribution in [0, 0.1) is 5.92 Å². The predicted octanol–water partition coefficient (Wildman–Crippen LogP) is 5.17. The van der Waals surface area contributed by atoms with Crippen molar-refractivity contribution in [3.8, 4) is 11.5 Å². The molecule has 1 aliphatic heterocycles. The predicted molar refractivity (Wildman–Crippen MR) is 101 cm³/mol. The van der Waals surface area contributed by atoms with Crippen LogP contribution in [0.2, 0.25) is 12.6 Å². The minimum absolute atomic E-state index is 0.539. The average Bonchev–Trinajstić information content (AvgIpc) is 3.40. The average molecular weight is 355 g/mol. The van der Waals surface area contributed by atoms with E-state index in [-0.39, 0.29) is 0 Å². The van der Waals surface area contributed by atoms with Crippen molar-refractivity contribution in [1.29, 1.82) is 0 Å². The summed E-state index contributed by atoms with van der Waals surface area (Å²) < 4.78 is 18.5. The van der Waals surface area contributed by atoms with Gasteiger partial charge in [-0.2, -0.15) is 0 Å². The molecular formula is C21H26O3Si. The lowest BCUT2D eigenvalue weighted by atomic mass is 9.88. The van der Waals surface area contributed by atoms with Crippen LogP contribution in [-0.2, 0) is 4.74 Å². The molecule has 1 saturated carbocycles. The number of hydrogen-bond donors (Lipinski definition) is 0. The van der Waals surface area contributed by atoms with Gasteiger partial charge in [-0.15, -0.1) is 0 Å². The van der Waals surface area contributed by atoms with E-state index in [9.17, 15) is 0 Å². The van der Waals surface area contributed by atoms with E-state index in [0.29, 0.717) is 12.2 Å². The summed E-state index contributed by atoms with van der Waals surface area (Å²) >= 11 is 0. The van der Waals surface area contributed by atoms with Gasteiger partial charge in [-0.3, -0.25) is 0 Å². The fourth-order valence-electron chi connectivity index (χ4n) is 3.81. The van der Waals surface area contributed by atoms with Crippen molar-refractivity contribution < 1.29 is 13.6 Å². The summed E-state index contributed by atoms with van der Waals surface area (Å²) in [6.07, 6.45) is 5.99. The molecule has 2 fully saturated rings. The molecule has 1 heterocycles. The highest BCUT2D eigenvalue weighted by Gasteiger charge is 2.45. The van der Waals surface area contributed by atoms with Crippen molar-refractivity contribution in [1.82, 2.24) is 0 Å². The first-order valence-electron chi connectivity index (χ1n) is 9.34. The zero-order valence-electron chi connectivity index (χ0n) is 14.8. The van der Waals surface area contributed by atoms with Gasteiger partial charge in [0.15, 0.2) is 0 Å². The fourth-order valence-corrected chi connectivity index (χ4v) is 6.26. The van der Waals surface area contributed by atoms with Crippen LogP contribution >= 0.6 is 0 Å². The number of ether oxygens (including phenoxy) is 1. The quantitative estimate of drug-likeness (QED) is 0.507. The third-order valence-corrected chi connectivity index (χ3v) is 7.81. The molecule has 2 aromatic carbocycles. The fraction of sp³-hybridized carbons (Fsp3) is 0.429. The van der Waals surface area contributed by atoms with E-state index in [1.165, 1.54) is 19.3 Å². The van der Waals surface area contributed by atoms with Gasteiger partial charge in [-0.25, -0.2) is 0 Å². The van der Waals surface area contributed by atoms with Crippen LogP contribution in [0.1, 0.15) is 25.7 Å². The van der Waals surface area contributed by atoms with Gasteiger partial charge in [0, 0.05) is 12.6 Å². The second kappa shape index (κ2) is 7.22. The molecule has 3 unspecified atom stereocenters. The summed E-state index contributed by atoms with van der Waals surface area (Å²) in [6.45, 7) is 2.19. The lowest BCUT2D eigenvalue weighted by molar-refractivity contribution is 0.340. The van der Waals surface area contributed by atoms with Gasteiger partial charge >= 0.3 is 8.56 Å². The Morgan fingerprint density at radius 3 is 2.04 bits per heavy atom. The van der Waals surface area contributed by atoms with Crippen LogP contribution in [-0.4, -0.2) is 20.8 Å². The Morgan fingerprint density at radius 1 is 0.880 bits per heavy atom. The summed E-state index contributed by atoms with van der Waals surface area (Å²) in [6, 6.07) is 21.1.